The zero-order valence-electron chi connectivity index (χ0n) is 11.7. The third kappa shape index (κ3) is 1.91. The van der Waals surface area contributed by atoms with Crippen LogP contribution in [0.1, 0.15) is 29.7 Å². The highest BCUT2D eigenvalue weighted by Gasteiger charge is 2.45. The van der Waals surface area contributed by atoms with Gasteiger partial charge in [-0.15, -0.1) is 0 Å². The van der Waals surface area contributed by atoms with Crippen LogP contribution in [-0.2, 0) is 21.5 Å². The van der Waals surface area contributed by atoms with Gasteiger partial charge < -0.3 is 9.30 Å². The van der Waals surface area contributed by atoms with Crippen molar-refractivity contribution < 1.29 is 9.53 Å². The number of nitrogens with zero attached hydrogens (tertiary/aromatic N) is 3. The van der Waals surface area contributed by atoms with Gasteiger partial charge in [0.15, 0.2) is 5.54 Å². The fourth-order valence-corrected chi connectivity index (χ4v) is 3.09. The molecular weight excluding hydrogens is 266 g/mol. The Kier molecular flexibility index (Phi) is 3.22. The summed E-state index contributed by atoms with van der Waals surface area (Å²) in [6, 6.07) is 9.19. The van der Waals surface area contributed by atoms with Gasteiger partial charge in [-0.25, -0.2) is 9.78 Å². The molecule has 1 aliphatic rings. The summed E-state index contributed by atoms with van der Waals surface area (Å²) in [6.45, 7) is 0. The number of ether oxygens (including phenoxy) is 1. The van der Waals surface area contributed by atoms with Crippen LogP contribution in [0.3, 0.4) is 0 Å². The van der Waals surface area contributed by atoms with Gasteiger partial charge in [0, 0.05) is 11.9 Å². The number of esters is 1. The molecule has 2 heterocycles. The topological polar surface area (TPSA) is 67.9 Å². The van der Waals surface area contributed by atoms with Crippen LogP contribution >= 0.6 is 0 Å². The molecule has 106 valence electrons. The van der Waals surface area contributed by atoms with E-state index in [0.717, 1.165) is 24.1 Å². The molecule has 21 heavy (non-hydrogen) atoms. The Hall–Kier alpha value is -2.61. The van der Waals surface area contributed by atoms with Crippen molar-refractivity contribution in [3.8, 4) is 6.07 Å². The number of fused-ring (bicyclic) bond motifs is 1. The van der Waals surface area contributed by atoms with E-state index in [1.165, 1.54) is 7.11 Å². The van der Waals surface area contributed by atoms with E-state index >= 15 is 0 Å². The van der Waals surface area contributed by atoms with E-state index in [1.807, 2.05) is 16.7 Å². The van der Waals surface area contributed by atoms with Crippen LogP contribution in [0.15, 0.2) is 36.8 Å². The number of nitriles is 1. The van der Waals surface area contributed by atoms with Gasteiger partial charge in [-0.1, -0.05) is 12.1 Å². The minimum absolute atomic E-state index is 0.300. The molecule has 2 aromatic rings. The number of hydrogen-bond donors (Lipinski definition) is 0. The molecule has 0 aliphatic carbocycles. The highest BCUT2D eigenvalue weighted by molar-refractivity contribution is 5.83. The fourth-order valence-electron chi connectivity index (χ4n) is 3.09. The second-order valence-electron chi connectivity index (χ2n) is 5.15. The normalized spacial score (nSPS) is 20.4. The zero-order valence-corrected chi connectivity index (χ0v) is 11.7. The highest BCUT2D eigenvalue weighted by Crippen LogP contribution is 2.38. The Balaban J connectivity index is 2.20. The van der Waals surface area contributed by atoms with Crippen LogP contribution in [0, 0.1) is 11.3 Å². The lowest BCUT2D eigenvalue weighted by molar-refractivity contribution is -0.150. The second-order valence-corrected chi connectivity index (χ2v) is 5.15. The van der Waals surface area contributed by atoms with Crippen molar-refractivity contribution in [2.45, 2.75) is 24.8 Å². The van der Waals surface area contributed by atoms with Gasteiger partial charge in [0.1, 0.15) is 0 Å². The molecule has 0 radical (unpaired) electrons. The summed E-state index contributed by atoms with van der Waals surface area (Å²) in [6.07, 6.45) is 5.93. The van der Waals surface area contributed by atoms with E-state index in [2.05, 4.69) is 11.1 Å². The smallest absolute Gasteiger partial charge is 0.336 e. The number of imidazole rings is 1. The van der Waals surface area contributed by atoms with Crippen molar-refractivity contribution in [3.63, 3.8) is 0 Å². The maximum Gasteiger partial charge on any atom is 0.336 e. The lowest BCUT2D eigenvalue weighted by atomic mass is 9.81. The standard InChI is InChI=1S/C16H15N3O2/c1-21-15(20)16(13-6-4-12(9-17)5-7-13)8-2-3-14-10-18-11-19(14)16/h4-7,10-11H,2-3,8H2,1H3. The van der Waals surface area contributed by atoms with E-state index in [-0.39, 0.29) is 5.97 Å². The average molecular weight is 281 g/mol. The van der Waals surface area contributed by atoms with Gasteiger partial charge in [0.05, 0.1) is 25.1 Å². The van der Waals surface area contributed by atoms with Gasteiger partial charge >= 0.3 is 5.97 Å². The van der Waals surface area contributed by atoms with E-state index in [4.69, 9.17) is 10.00 Å². The summed E-state index contributed by atoms with van der Waals surface area (Å²) >= 11 is 0. The van der Waals surface area contributed by atoms with Crippen LogP contribution in [0.4, 0.5) is 0 Å². The molecule has 1 unspecified atom stereocenters. The zero-order chi connectivity index (χ0) is 14.9. The maximum absolute atomic E-state index is 12.6. The molecule has 1 aromatic heterocycles. The molecule has 0 amide bonds. The summed E-state index contributed by atoms with van der Waals surface area (Å²) in [5.74, 6) is -0.300. The van der Waals surface area contributed by atoms with E-state index < -0.39 is 5.54 Å². The van der Waals surface area contributed by atoms with Gasteiger partial charge in [-0.05, 0) is 37.0 Å². The number of methoxy groups -OCH3 is 1. The first kappa shape index (κ1) is 13.4. The van der Waals surface area contributed by atoms with Crippen LogP contribution in [0.25, 0.3) is 0 Å². The Morgan fingerprint density at radius 3 is 2.86 bits per heavy atom. The number of carbonyl (C=O) groups is 1. The minimum atomic E-state index is -0.882. The number of rotatable bonds is 2. The van der Waals surface area contributed by atoms with E-state index in [1.54, 1.807) is 24.7 Å². The van der Waals surface area contributed by atoms with Crippen LogP contribution < -0.4 is 0 Å². The average Bonchev–Trinajstić information content (AvgIpc) is 3.03. The Morgan fingerprint density at radius 1 is 1.43 bits per heavy atom. The Bertz CT molecular complexity index is 712. The number of aryl methyl sites for hydroxylation is 1. The van der Waals surface area contributed by atoms with E-state index in [9.17, 15) is 4.79 Å². The van der Waals surface area contributed by atoms with Gasteiger partial charge in [0.25, 0.3) is 0 Å². The lowest BCUT2D eigenvalue weighted by Gasteiger charge is -2.37. The van der Waals surface area contributed by atoms with Crippen molar-refractivity contribution in [1.29, 1.82) is 5.26 Å². The van der Waals surface area contributed by atoms with Crippen molar-refractivity contribution in [2.24, 2.45) is 0 Å². The van der Waals surface area contributed by atoms with Crippen LogP contribution in [0.2, 0.25) is 0 Å². The summed E-state index contributed by atoms with van der Waals surface area (Å²) in [7, 11) is 1.40. The number of carbonyl (C=O) groups excluding carboxylic acids is 1. The number of hydrogen-bond acceptors (Lipinski definition) is 4. The van der Waals surface area contributed by atoms with Crippen molar-refractivity contribution in [3.05, 3.63) is 53.6 Å². The first-order chi connectivity index (χ1) is 10.2. The SMILES string of the molecule is COC(=O)C1(c2ccc(C#N)cc2)CCCc2cncn21. The Labute approximate surface area is 122 Å². The Morgan fingerprint density at radius 2 is 2.19 bits per heavy atom. The predicted octanol–water partition coefficient (Wildman–Crippen LogP) is 2.01. The van der Waals surface area contributed by atoms with Crippen LogP contribution in [0.5, 0.6) is 0 Å². The third-order valence-corrected chi connectivity index (χ3v) is 4.11. The fraction of sp³-hybridized carbons (Fsp3) is 0.312. The predicted molar refractivity (Wildman–Crippen MR) is 75.4 cm³/mol. The van der Waals surface area contributed by atoms with Crippen molar-refractivity contribution >= 4 is 5.97 Å². The molecule has 5 nitrogen and oxygen atoms in total. The quantitative estimate of drug-likeness (QED) is 0.790. The summed E-state index contributed by atoms with van der Waals surface area (Å²) < 4.78 is 6.98. The molecular formula is C16H15N3O2. The molecule has 3 rings (SSSR count). The van der Waals surface area contributed by atoms with Crippen LogP contribution in [-0.4, -0.2) is 22.6 Å². The molecule has 0 saturated carbocycles. The highest BCUT2D eigenvalue weighted by atomic mass is 16.5. The van der Waals surface area contributed by atoms with Crippen molar-refractivity contribution in [2.75, 3.05) is 7.11 Å². The minimum Gasteiger partial charge on any atom is -0.467 e. The maximum atomic E-state index is 12.6. The molecule has 0 spiro atoms. The molecule has 1 atom stereocenters. The number of benzene rings is 1. The van der Waals surface area contributed by atoms with E-state index in [0.29, 0.717) is 12.0 Å². The summed E-state index contributed by atoms with van der Waals surface area (Å²) in [5.41, 5.74) is 1.54. The largest absolute Gasteiger partial charge is 0.467 e. The third-order valence-electron chi connectivity index (χ3n) is 4.11. The second kappa shape index (κ2) is 5.06. The molecule has 0 bridgehead atoms. The summed E-state index contributed by atoms with van der Waals surface area (Å²) in [5, 5.41) is 8.93. The van der Waals surface area contributed by atoms with Gasteiger partial charge in [-0.2, -0.15) is 5.26 Å². The molecule has 0 saturated heterocycles. The first-order valence-corrected chi connectivity index (χ1v) is 6.83. The molecule has 1 aromatic carbocycles. The van der Waals surface area contributed by atoms with Gasteiger partial charge in [-0.3, -0.25) is 0 Å². The number of aromatic nitrogens is 2. The molecule has 1 aliphatic heterocycles. The lowest BCUT2D eigenvalue weighted by Crippen LogP contribution is -2.46. The molecule has 0 N–H and O–H groups in total. The summed E-state index contributed by atoms with van der Waals surface area (Å²) in [4.78, 5) is 16.7. The monoisotopic (exact) mass is 281 g/mol. The first-order valence-electron chi connectivity index (χ1n) is 6.83. The van der Waals surface area contributed by atoms with Crippen molar-refractivity contribution in [1.82, 2.24) is 9.55 Å². The van der Waals surface area contributed by atoms with Gasteiger partial charge in [0.2, 0.25) is 0 Å². The molecule has 0 fully saturated rings. The molecule has 5 heteroatoms.